The summed E-state index contributed by atoms with van der Waals surface area (Å²) in [5, 5.41) is 0. The maximum Gasteiger partial charge on any atom is 0.237 e. The molecule has 140 valence electrons. The van der Waals surface area contributed by atoms with Gasteiger partial charge in [0.2, 0.25) is 11.8 Å². The molecule has 2 heterocycles. The number of benzene rings is 1. The van der Waals surface area contributed by atoms with Crippen molar-refractivity contribution in [2.45, 2.75) is 38.6 Å². The molecule has 26 heavy (non-hydrogen) atoms. The molecule has 1 aliphatic carbocycles. The molecule has 1 N–H and O–H groups in total. The molecule has 6 nitrogen and oxygen atoms in total. The number of hydrogen-bond acceptors (Lipinski definition) is 4. The third-order valence-corrected chi connectivity index (χ3v) is 6.21. The Morgan fingerprint density at radius 2 is 1.58 bits per heavy atom. The summed E-state index contributed by atoms with van der Waals surface area (Å²) in [4.78, 5) is 28.2. The number of nitrogens with zero attached hydrogens (tertiary/aromatic N) is 1. The molecule has 1 saturated carbocycles. The number of carbonyl (C=O) groups is 2. The fraction of sp³-hybridized carbons (Fsp3) is 0.600. The van der Waals surface area contributed by atoms with Gasteiger partial charge in [0.25, 0.3) is 0 Å². The normalized spacial score (nSPS) is 27.9. The van der Waals surface area contributed by atoms with E-state index in [2.05, 4.69) is 0 Å². The number of carbonyl (C=O) groups excluding carboxylic acids is 2. The SMILES string of the molecule is COc1cc2c(cc1OC)C[NH+](CN1C(=O)[C@H]3CCCC[C@H]3C1=O)CC2. The van der Waals surface area contributed by atoms with E-state index in [4.69, 9.17) is 9.47 Å². The Balaban J connectivity index is 1.49. The quantitative estimate of drug-likeness (QED) is 0.807. The monoisotopic (exact) mass is 359 g/mol. The van der Waals surface area contributed by atoms with Crippen LogP contribution < -0.4 is 14.4 Å². The van der Waals surface area contributed by atoms with Crippen LogP contribution in [0, 0.1) is 11.8 Å². The number of hydrogen-bond donors (Lipinski definition) is 1. The Morgan fingerprint density at radius 1 is 1.00 bits per heavy atom. The van der Waals surface area contributed by atoms with Crippen LogP contribution in [0.3, 0.4) is 0 Å². The van der Waals surface area contributed by atoms with Crippen molar-refractivity contribution >= 4 is 11.8 Å². The highest BCUT2D eigenvalue weighted by Crippen LogP contribution is 2.37. The largest absolute Gasteiger partial charge is 0.493 e. The fourth-order valence-electron chi connectivity index (χ4n) is 4.78. The van der Waals surface area contributed by atoms with Crippen LogP contribution in [0.15, 0.2) is 12.1 Å². The van der Waals surface area contributed by atoms with Gasteiger partial charge >= 0.3 is 0 Å². The number of amides is 2. The van der Waals surface area contributed by atoms with E-state index in [1.807, 2.05) is 12.1 Å². The van der Waals surface area contributed by atoms with E-state index in [1.165, 1.54) is 16.0 Å². The van der Waals surface area contributed by atoms with Crippen molar-refractivity contribution in [2.75, 3.05) is 27.4 Å². The van der Waals surface area contributed by atoms with Crippen LogP contribution >= 0.6 is 0 Å². The number of quaternary nitrogens is 1. The Kier molecular flexibility index (Phi) is 4.61. The molecule has 1 aromatic carbocycles. The first kappa shape index (κ1) is 17.3. The van der Waals surface area contributed by atoms with Crippen LogP contribution in [0.25, 0.3) is 0 Å². The average molecular weight is 359 g/mol. The Labute approximate surface area is 154 Å². The molecule has 1 aromatic rings. The standard InChI is InChI=1S/C20H26N2O4/c1-25-17-9-13-7-8-21(11-14(13)10-18(17)26-2)12-22-19(23)15-5-3-4-6-16(15)20(22)24/h9-10,15-16H,3-8,11-12H2,1-2H3/p+1/t15-,16+. The lowest BCUT2D eigenvalue weighted by molar-refractivity contribution is -0.923. The number of rotatable bonds is 4. The lowest BCUT2D eigenvalue weighted by atomic mass is 9.81. The van der Waals surface area contributed by atoms with Gasteiger partial charge < -0.3 is 14.4 Å². The molecular weight excluding hydrogens is 332 g/mol. The van der Waals surface area contributed by atoms with Gasteiger partial charge in [0.1, 0.15) is 6.54 Å². The number of fused-ring (bicyclic) bond motifs is 2. The average Bonchev–Trinajstić information content (AvgIpc) is 2.92. The first-order chi connectivity index (χ1) is 12.6. The molecule has 1 saturated heterocycles. The fourth-order valence-corrected chi connectivity index (χ4v) is 4.78. The molecule has 3 aliphatic rings. The van der Waals surface area contributed by atoms with Crippen LogP contribution in [0.4, 0.5) is 0 Å². The predicted molar refractivity (Wildman–Crippen MR) is 95.0 cm³/mol. The second-order valence-corrected chi connectivity index (χ2v) is 7.66. The molecule has 2 fully saturated rings. The van der Waals surface area contributed by atoms with Gasteiger partial charge in [-0.15, -0.1) is 0 Å². The number of imide groups is 1. The Morgan fingerprint density at radius 3 is 2.15 bits per heavy atom. The molecule has 0 spiro atoms. The van der Waals surface area contributed by atoms with Gasteiger partial charge in [-0.05, 0) is 30.5 Å². The van der Waals surface area contributed by atoms with Gasteiger partial charge in [0.05, 0.1) is 32.6 Å². The molecule has 0 aromatic heterocycles. The van der Waals surface area contributed by atoms with Crippen LogP contribution in [0.5, 0.6) is 11.5 Å². The zero-order valence-electron chi connectivity index (χ0n) is 15.5. The number of methoxy groups -OCH3 is 2. The topological polar surface area (TPSA) is 60.3 Å². The first-order valence-electron chi connectivity index (χ1n) is 9.55. The van der Waals surface area contributed by atoms with Crippen molar-refractivity contribution in [1.29, 1.82) is 0 Å². The number of nitrogens with one attached hydrogen (secondary N) is 1. The van der Waals surface area contributed by atoms with Gasteiger partial charge in [0, 0.05) is 12.0 Å². The minimum absolute atomic E-state index is 0.0583. The van der Waals surface area contributed by atoms with Crippen LogP contribution in [0.2, 0.25) is 0 Å². The minimum atomic E-state index is -0.0583. The number of likely N-dealkylation sites (tertiary alicyclic amines) is 1. The smallest absolute Gasteiger partial charge is 0.237 e. The summed E-state index contributed by atoms with van der Waals surface area (Å²) in [6.07, 6.45) is 4.80. The van der Waals surface area contributed by atoms with Gasteiger partial charge in [-0.1, -0.05) is 12.8 Å². The Hall–Kier alpha value is -2.08. The van der Waals surface area contributed by atoms with Crippen molar-refractivity contribution in [3.8, 4) is 11.5 Å². The number of ether oxygens (including phenoxy) is 2. The Bertz CT molecular complexity index is 709. The summed E-state index contributed by atoms with van der Waals surface area (Å²) in [5.41, 5.74) is 2.47. The van der Waals surface area contributed by atoms with Crippen molar-refractivity contribution in [3.05, 3.63) is 23.3 Å². The summed E-state index contributed by atoms with van der Waals surface area (Å²) in [7, 11) is 3.29. The molecule has 2 amide bonds. The van der Waals surface area contributed by atoms with E-state index in [9.17, 15) is 9.59 Å². The third-order valence-electron chi connectivity index (χ3n) is 6.21. The van der Waals surface area contributed by atoms with Gasteiger partial charge in [-0.25, -0.2) is 4.90 Å². The summed E-state index contributed by atoms with van der Waals surface area (Å²) in [6.45, 7) is 2.19. The summed E-state index contributed by atoms with van der Waals surface area (Å²) in [6, 6.07) is 4.08. The van der Waals surface area contributed by atoms with Crippen molar-refractivity contribution < 1.29 is 24.0 Å². The third kappa shape index (κ3) is 2.86. The maximum atomic E-state index is 12.7. The van der Waals surface area contributed by atoms with E-state index in [1.54, 1.807) is 19.1 Å². The van der Waals surface area contributed by atoms with Crippen molar-refractivity contribution in [1.82, 2.24) is 4.90 Å². The van der Waals surface area contributed by atoms with E-state index in [-0.39, 0.29) is 23.7 Å². The molecule has 3 atom stereocenters. The molecule has 6 heteroatoms. The molecular formula is C20H27N2O4+. The zero-order chi connectivity index (χ0) is 18.3. The highest BCUT2D eigenvalue weighted by atomic mass is 16.5. The van der Waals surface area contributed by atoms with E-state index < -0.39 is 0 Å². The zero-order valence-corrected chi connectivity index (χ0v) is 15.5. The van der Waals surface area contributed by atoms with E-state index >= 15 is 0 Å². The highest BCUT2D eigenvalue weighted by molar-refractivity contribution is 6.05. The second-order valence-electron chi connectivity index (χ2n) is 7.66. The summed E-state index contributed by atoms with van der Waals surface area (Å²) in [5.74, 6) is 1.49. The summed E-state index contributed by atoms with van der Waals surface area (Å²) >= 11 is 0. The highest BCUT2D eigenvalue weighted by Gasteiger charge is 2.49. The van der Waals surface area contributed by atoms with Crippen LogP contribution in [-0.4, -0.2) is 44.1 Å². The van der Waals surface area contributed by atoms with Crippen LogP contribution in [-0.2, 0) is 22.6 Å². The van der Waals surface area contributed by atoms with Gasteiger partial charge in [-0.3, -0.25) is 9.59 Å². The predicted octanol–water partition coefficient (Wildman–Crippen LogP) is 0.778. The molecule has 2 aliphatic heterocycles. The lowest BCUT2D eigenvalue weighted by Crippen LogP contribution is -3.13. The first-order valence-corrected chi connectivity index (χ1v) is 9.55. The van der Waals surface area contributed by atoms with Gasteiger partial charge in [0.15, 0.2) is 18.2 Å². The minimum Gasteiger partial charge on any atom is -0.493 e. The summed E-state index contributed by atoms with van der Waals surface area (Å²) < 4.78 is 10.8. The van der Waals surface area contributed by atoms with E-state index in [0.717, 1.165) is 56.7 Å². The molecule has 0 bridgehead atoms. The van der Waals surface area contributed by atoms with E-state index in [0.29, 0.717) is 6.67 Å². The van der Waals surface area contributed by atoms with Gasteiger partial charge in [-0.2, -0.15) is 0 Å². The molecule has 1 unspecified atom stereocenters. The molecule has 4 rings (SSSR count). The maximum absolute atomic E-state index is 12.7. The molecule has 0 radical (unpaired) electrons. The van der Waals surface area contributed by atoms with Crippen molar-refractivity contribution in [3.63, 3.8) is 0 Å². The van der Waals surface area contributed by atoms with Crippen molar-refractivity contribution in [2.24, 2.45) is 11.8 Å². The second kappa shape index (κ2) is 6.91. The lowest BCUT2D eigenvalue weighted by Gasteiger charge is -2.29. The van der Waals surface area contributed by atoms with Crippen LogP contribution in [0.1, 0.15) is 36.8 Å².